The maximum Gasteiger partial charge on any atom is 0.122 e. The van der Waals surface area contributed by atoms with E-state index in [4.69, 9.17) is 4.74 Å². The second-order valence-electron chi connectivity index (χ2n) is 8.38. The van der Waals surface area contributed by atoms with Crippen molar-refractivity contribution in [3.63, 3.8) is 0 Å². The molecule has 2 heteroatoms. The molecule has 0 amide bonds. The zero-order valence-electron chi connectivity index (χ0n) is 18.6. The Hall–Kier alpha value is -2.61. The predicted molar refractivity (Wildman–Crippen MR) is 124 cm³/mol. The molecule has 0 unspecified atom stereocenters. The van der Waals surface area contributed by atoms with Gasteiger partial charge in [0.05, 0.1) is 12.3 Å². The van der Waals surface area contributed by atoms with Crippen LogP contribution in [-0.2, 0) is 0 Å². The van der Waals surface area contributed by atoms with Gasteiger partial charge in [0.25, 0.3) is 0 Å². The number of hydrogen-bond acceptors (Lipinski definition) is 2. The third-order valence-electron chi connectivity index (χ3n) is 5.37. The Morgan fingerprint density at radius 1 is 0.862 bits per heavy atom. The fourth-order valence-electron chi connectivity index (χ4n) is 3.76. The maximum absolute atomic E-state index is 5.94. The Kier molecular flexibility index (Phi) is 6.74. The van der Waals surface area contributed by atoms with Crippen molar-refractivity contribution in [3.8, 4) is 28.1 Å². The molecule has 152 valence electrons. The molecule has 0 radical (unpaired) electrons. The summed E-state index contributed by atoms with van der Waals surface area (Å²) >= 11 is 0. The number of hydrogen-bond donors (Lipinski definition) is 0. The Morgan fingerprint density at radius 2 is 1.55 bits per heavy atom. The van der Waals surface area contributed by atoms with Crippen LogP contribution in [0.4, 0.5) is 0 Å². The molecule has 0 spiro atoms. The molecule has 0 atom stereocenters. The summed E-state index contributed by atoms with van der Waals surface area (Å²) in [4.78, 5) is 4.68. The normalized spacial score (nSPS) is 11.3. The van der Waals surface area contributed by atoms with Gasteiger partial charge in [-0.2, -0.15) is 0 Å². The molecule has 0 bridgehead atoms. The van der Waals surface area contributed by atoms with Crippen molar-refractivity contribution in [1.82, 2.24) is 4.98 Å². The van der Waals surface area contributed by atoms with Crippen LogP contribution in [0.3, 0.4) is 0 Å². The van der Waals surface area contributed by atoms with Crippen molar-refractivity contribution in [2.24, 2.45) is 0 Å². The van der Waals surface area contributed by atoms with Gasteiger partial charge in [-0.25, -0.2) is 0 Å². The molecule has 1 aromatic heterocycles. The van der Waals surface area contributed by atoms with Gasteiger partial charge in [-0.15, -0.1) is 0 Å². The lowest BCUT2D eigenvalue weighted by atomic mass is 9.85. The fourth-order valence-corrected chi connectivity index (χ4v) is 3.76. The first-order valence-electron chi connectivity index (χ1n) is 10.7. The van der Waals surface area contributed by atoms with Crippen LogP contribution < -0.4 is 4.74 Å². The lowest BCUT2D eigenvalue weighted by Gasteiger charge is -2.20. The lowest BCUT2D eigenvalue weighted by Crippen LogP contribution is -2.00. The number of rotatable bonds is 7. The van der Waals surface area contributed by atoms with Gasteiger partial charge >= 0.3 is 0 Å². The molecule has 0 saturated heterocycles. The van der Waals surface area contributed by atoms with E-state index in [1.807, 2.05) is 6.20 Å². The van der Waals surface area contributed by atoms with E-state index in [2.05, 4.69) is 95.1 Å². The number of pyridine rings is 1. The third kappa shape index (κ3) is 4.70. The van der Waals surface area contributed by atoms with Crippen LogP contribution in [0.15, 0.2) is 54.7 Å². The van der Waals surface area contributed by atoms with Gasteiger partial charge in [0.15, 0.2) is 0 Å². The van der Waals surface area contributed by atoms with Crippen molar-refractivity contribution in [3.05, 3.63) is 71.4 Å². The van der Waals surface area contributed by atoms with Crippen LogP contribution >= 0.6 is 0 Å². The van der Waals surface area contributed by atoms with Crippen molar-refractivity contribution < 1.29 is 4.74 Å². The molecule has 0 aliphatic heterocycles. The summed E-state index contributed by atoms with van der Waals surface area (Å²) in [6.45, 7) is 14.0. The van der Waals surface area contributed by atoms with E-state index in [-0.39, 0.29) is 0 Å². The standard InChI is InChI=1S/C27H33NO/c1-7-15-29-26-17-21(12-11-20(26)6)25-16-22(13-14-28-25)27-23(18(2)3)9-8-10-24(27)19(4)5/h8-14,16-19H,7,15H2,1-6H3. The van der Waals surface area contributed by atoms with E-state index in [1.54, 1.807) is 0 Å². The minimum Gasteiger partial charge on any atom is -0.493 e. The van der Waals surface area contributed by atoms with E-state index < -0.39 is 0 Å². The summed E-state index contributed by atoms with van der Waals surface area (Å²) in [6, 6.07) is 17.4. The molecular formula is C27H33NO. The van der Waals surface area contributed by atoms with Crippen molar-refractivity contribution in [2.45, 2.75) is 59.8 Å². The second kappa shape index (κ2) is 9.26. The quantitative estimate of drug-likeness (QED) is 0.413. The number of aromatic nitrogens is 1. The number of benzene rings is 2. The van der Waals surface area contributed by atoms with Crippen LogP contribution in [0.25, 0.3) is 22.4 Å². The smallest absolute Gasteiger partial charge is 0.122 e. The summed E-state index contributed by atoms with van der Waals surface area (Å²) < 4.78 is 5.94. The Bertz CT molecular complexity index is 946. The molecular weight excluding hydrogens is 354 g/mol. The zero-order valence-corrected chi connectivity index (χ0v) is 18.6. The molecule has 2 nitrogen and oxygen atoms in total. The molecule has 3 rings (SSSR count). The summed E-state index contributed by atoms with van der Waals surface area (Å²) in [6.07, 6.45) is 2.93. The molecule has 0 aliphatic rings. The molecule has 0 aliphatic carbocycles. The van der Waals surface area contributed by atoms with Gasteiger partial charge in [0.1, 0.15) is 5.75 Å². The number of ether oxygens (including phenoxy) is 1. The van der Waals surface area contributed by atoms with Gasteiger partial charge < -0.3 is 4.74 Å². The van der Waals surface area contributed by atoms with Crippen LogP contribution in [0, 0.1) is 6.92 Å². The third-order valence-corrected chi connectivity index (χ3v) is 5.37. The monoisotopic (exact) mass is 387 g/mol. The van der Waals surface area contributed by atoms with Crippen LogP contribution in [0.2, 0.25) is 0 Å². The minimum atomic E-state index is 0.466. The highest BCUT2D eigenvalue weighted by Crippen LogP contribution is 2.37. The van der Waals surface area contributed by atoms with Gasteiger partial charge in [-0.3, -0.25) is 4.98 Å². The van der Waals surface area contributed by atoms with E-state index >= 15 is 0 Å². The first-order chi connectivity index (χ1) is 13.9. The Morgan fingerprint density at radius 3 is 2.17 bits per heavy atom. The van der Waals surface area contributed by atoms with Gasteiger partial charge in [0.2, 0.25) is 0 Å². The minimum absolute atomic E-state index is 0.466. The summed E-state index contributed by atoms with van der Waals surface area (Å²) in [5.41, 5.74) is 8.61. The topological polar surface area (TPSA) is 22.1 Å². The van der Waals surface area contributed by atoms with E-state index in [0.29, 0.717) is 11.8 Å². The highest BCUT2D eigenvalue weighted by Gasteiger charge is 2.16. The first-order valence-corrected chi connectivity index (χ1v) is 10.7. The van der Waals surface area contributed by atoms with Gasteiger partial charge in [-0.1, -0.05) is 65.0 Å². The number of aryl methyl sites for hydroxylation is 1. The first kappa shape index (κ1) is 21.1. The zero-order chi connectivity index (χ0) is 21.0. The van der Waals surface area contributed by atoms with E-state index in [9.17, 15) is 0 Å². The van der Waals surface area contributed by atoms with Gasteiger partial charge in [0, 0.05) is 11.8 Å². The Labute approximate surface area is 176 Å². The molecule has 3 aromatic rings. The fraction of sp³-hybridized carbons (Fsp3) is 0.370. The average Bonchev–Trinajstić information content (AvgIpc) is 2.72. The van der Waals surface area contributed by atoms with Crippen molar-refractivity contribution in [1.29, 1.82) is 0 Å². The lowest BCUT2D eigenvalue weighted by molar-refractivity contribution is 0.315. The SMILES string of the molecule is CCCOc1cc(-c2cc(-c3c(C(C)C)cccc3C(C)C)ccn2)ccc1C. The summed E-state index contributed by atoms with van der Waals surface area (Å²) in [5.74, 6) is 1.88. The highest BCUT2D eigenvalue weighted by molar-refractivity contribution is 5.76. The highest BCUT2D eigenvalue weighted by atomic mass is 16.5. The molecule has 29 heavy (non-hydrogen) atoms. The molecule has 0 saturated carbocycles. The Balaban J connectivity index is 2.10. The van der Waals surface area contributed by atoms with Crippen LogP contribution in [-0.4, -0.2) is 11.6 Å². The second-order valence-corrected chi connectivity index (χ2v) is 8.38. The summed E-state index contributed by atoms with van der Waals surface area (Å²) in [7, 11) is 0. The molecule has 0 fully saturated rings. The van der Waals surface area contributed by atoms with Gasteiger partial charge in [-0.05, 0) is 71.2 Å². The van der Waals surface area contributed by atoms with E-state index in [1.165, 1.54) is 22.3 Å². The van der Waals surface area contributed by atoms with Crippen molar-refractivity contribution in [2.75, 3.05) is 6.61 Å². The predicted octanol–water partition coefficient (Wildman–Crippen LogP) is 7.76. The number of nitrogens with zero attached hydrogens (tertiary/aromatic N) is 1. The maximum atomic E-state index is 5.94. The van der Waals surface area contributed by atoms with E-state index in [0.717, 1.165) is 35.6 Å². The summed E-state index contributed by atoms with van der Waals surface area (Å²) in [5, 5.41) is 0. The molecule has 1 heterocycles. The molecule has 2 aromatic carbocycles. The molecule has 0 N–H and O–H groups in total. The van der Waals surface area contributed by atoms with Crippen molar-refractivity contribution >= 4 is 0 Å². The average molecular weight is 388 g/mol. The largest absolute Gasteiger partial charge is 0.493 e. The van der Waals surface area contributed by atoms with Crippen LogP contribution in [0.1, 0.15) is 69.6 Å². The van der Waals surface area contributed by atoms with Crippen LogP contribution in [0.5, 0.6) is 5.75 Å².